The summed E-state index contributed by atoms with van der Waals surface area (Å²) in [4.78, 5) is 13.4. The molecule has 1 aromatic heterocycles. The summed E-state index contributed by atoms with van der Waals surface area (Å²) in [5, 5.41) is 22.8. The molecular formula is C28H30F3N5O. The molecule has 3 aromatic rings. The van der Waals surface area contributed by atoms with Gasteiger partial charge >= 0.3 is 6.18 Å². The van der Waals surface area contributed by atoms with Crippen LogP contribution in [0.15, 0.2) is 53.3 Å². The highest BCUT2D eigenvalue weighted by Gasteiger charge is 2.36. The molecule has 9 heteroatoms. The first-order chi connectivity index (χ1) is 17.5. The Kier molecular flexibility index (Phi) is 8.15. The Morgan fingerprint density at radius 3 is 2.38 bits per heavy atom. The van der Waals surface area contributed by atoms with Crippen LogP contribution in [-0.4, -0.2) is 27.7 Å². The van der Waals surface area contributed by atoms with Crippen molar-refractivity contribution in [3.8, 4) is 16.9 Å². The van der Waals surface area contributed by atoms with E-state index in [0.717, 1.165) is 39.7 Å². The van der Waals surface area contributed by atoms with Crippen LogP contribution in [0.2, 0.25) is 0 Å². The van der Waals surface area contributed by atoms with Crippen LogP contribution in [0.5, 0.6) is 0 Å². The summed E-state index contributed by atoms with van der Waals surface area (Å²) in [6, 6.07) is 8.87. The molecule has 3 N–H and O–H groups in total. The van der Waals surface area contributed by atoms with E-state index in [1.54, 1.807) is 0 Å². The van der Waals surface area contributed by atoms with Gasteiger partial charge in [-0.25, -0.2) is 0 Å². The number of aromatic nitrogens is 2. The molecule has 6 nitrogen and oxygen atoms in total. The SMILES string of the molecule is CC.Cc1cc(C)cc(-c2nn(-c3cc(C(=N)/C=C\C=N)ccc3C(F)(F)F)c(=O)c3c2CC(C)N3)c1. The molecule has 0 saturated heterocycles. The van der Waals surface area contributed by atoms with Crippen molar-refractivity contribution in [1.29, 1.82) is 10.8 Å². The maximum absolute atomic E-state index is 14.0. The highest BCUT2D eigenvalue weighted by molar-refractivity contribution is 6.08. The van der Waals surface area contributed by atoms with Crippen LogP contribution >= 0.6 is 0 Å². The molecule has 37 heavy (non-hydrogen) atoms. The highest BCUT2D eigenvalue weighted by Crippen LogP contribution is 2.36. The minimum absolute atomic E-state index is 0.0761. The normalized spacial score (nSPS) is 14.5. The zero-order valence-electron chi connectivity index (χ0n) is 21.4. The number of hydrogen-bond donors (Lipinski definition) is 3. The topological polar surface area (TPSA) is 94.6 Å². The van der Waals surface area contributed by atoms with Crippen molar-refractivity contribution in [2.45, 2.75) is 53.3 Å². The Hall–Kier alpha value is -4.01. The van der Waals surface area contributed by atoms with Crippen LogP contribution in [0, 0.1) is 24.7 Å². The zero-order chi connectivity index (χ0) is 27.5. The number of aryl methyl sites for hydroxylation is 2. The number of allylic oxidation sites excluding steroid dienone is 2. The summed E-state index contributed by atoms with van der Waals surface area (Å²) in [5.74, 6) is 0. The predicted octanol–water partition coefficient (Wildman–Crippen LogP) is 6.49. The first-order valence-corrected chi connectivity index (χ1v) is 12.0. The Morgan fingerprint density at radius 2 is 1.78 bits per heavy atom. The Bertz CT molecular complexity index is 1420. The maximum Gasteiger partial charge on any atom is 0.418 e. The molecule has 4 rings (SSSR count). The average molecular weight is 510 g/mol. The Labute approximate surface area is 213 Å². The Balaban J connectivity index is 0.00000186. The van der Waals surface area contributed by atoms with Crippen molar-refractivity contribution >= 4 is 17.6 Å². The summed E-state index contributed by atoms with van der Waals surface area (Å²) in [7, 11) is 0. The largest absolute Gasteiger partial charge is 0.418 e. The summed E-state index contributed by atoms with van der Waals surface area (Å²) in [5.41, 5.74) is 1.91. The maximum atomic E-state index is 14.0. The lowest BCUT2D eigenvalue weighted by atomic mass is 9.99. The average Bonchev–Trinajstić information content (AvgIpc) is 3.24. The van der Waals surface area contributed by atoms with Gasteiger partial charge in [0.1, 0.15) is 5.69 Å². The van der Waals surface area contributed by atoms with Crippen molar-refractivity contribution in [3.63, 3.8) is 0 Å². The number of rotatable bonds is 5. The molecule has 0 spiro atoms. The fourth-order valence-corrected chi connectivity index (χ4v) is 4.37. The number of alkyl halides is 3. The first kappa shape index (κ1) is 27.6. The van der Waals surface area contributed by atoms with Crippen LogP contribution < -0.4 is 10.9 Å². The molecule has 0 saturated carbocycles. The number of hydrogen-bond acceptors (Lipinski definition) is 5. The third-order valence-electron chi connectivity index (χ3n) is 5.79. The van der Waals surface area contributed by atoms with Crippen LogP contribution in [0.3, 0.4) is 0 Å². The molecule has 0 amide bonds. The molecule has 0 aliphatic carbocycles. The summed E-state index contributed by atoms with van der Waals surface area (Å²) in [6.07, 6.45) is -0.672. The lowest BCUT2D eigenvalue weighted by Gasteiger charge is -2.18. The van der Waals surface area contributed by atoms with E-state index in [1.165, 1.54) is 18.2 Å². The van der Waals surface area contributed by atoms with Gasteiger partial charge in [0, 0.05) is 28.9 Å². The lowest BCUT2D eigenvalue weighted by Crippen LogP contribution is -2.27. The van der Waals surface area contributed by atoms with Gasteiger partial charge in [0.05, 0.1) is 22.7 Å². The minimum Gasteiger partial charge on any atom is -0.377 e. The summed E-state index contributed by atoms with van der Waals surface area (Å²) in [6.45, 7) is 9.74. The molecule has 1 atom stereocenters. The van der Waals surface area contributed by atoms with Gasteiger partial charge in [-0.05, 0) is 63.6 Å². The summed E-state index contributed by atoms with van der Waals surface area (Å²) < 4.78 is 42.8. The van der Waals surface area contributed by atoms with Crippen LogP contribution in [0.25, 0.3) is 16.9 Å². The highest BCUT2D eigenvalue weighted by atomic mass is 19.4. The van der Waals surface area contributed by atoms with E-state index in [-0.39, 0.29) is 23.0 Å². The van der Waals surface area contributed by atoms with Crippen molar-refractivity contribution in [2.75, 3.05) is 5.32 Å². The number of nitrogens with zero attached hydrogens (tertiary/aromatic N) is 2. The van der Waals surface area contributed by atoms with E-state index in [1.807, 2.05) is 52.8 Å². The fraction of sp³-hybridized carbons (Fsp3) is 0.286. The van der Waals surface area contributed by atoms with Crippen molar-refractivity contribution < 1.29 is 13.2 Å². The molecule has 0 radical (unpaired) electrons. The second-order valence-electron chi connectivity index (χ2n) is 8.71. The minimum atomic E-state index is -4.75. The molecule has 2 aromatic carbocycles. The number of fused-ring (bicyclic) bond motifs is 1. The van der Waals surface area contributed by atoms with Gasteiger partial charge in [0.15, 0.2) is 0 Å². The van der Waals surface area contributed by atoms with Gasteiger partial charge in [0.25, 0.3) is 5.56 Å². The molecule has 0 fully saturated rings. The van der Waals surface area contributed by atoms with E-state index >= 15 is 0 Å². The van der Waals surface area contributed by atoms with Gasteiger partial charge in [-0.1, -0.05) is 37.1 Å². The van der Waals surface area contributed by atoms with Crippen LogP contribution in [0.4, 0.5) is 18.9 Å². The molecule has 1 unspecified atom stereocenters. The number of halogens is 3. The van der Waals surface area contributed by atoms with Gasteiger partial charge in [-0.15, -0.1) is 0 Å². The van der Waals surface area contributed by atoms with Crippen LogP contribution in [0.1, 0.15) is 48.6 Å². The van der Waals surface area contributed by atoms with Gasteiger partial charge in [0.2, 0.25) is 0 Å². The van der Waals surface area contributed by atoms with Crippen molar-refractivity contribution in [2.24, 2.45) is 0 Å². The number of benzene rings is 2. The third kappa shape index (κ3) is 5.71. The van der Waals surface area contributed by atoms with E-state index in [4.69, 9.17) is 10.8 Å². The lowest BCUT2D eigenvalue weighted by molar-refractivity contribution is -0.137. The smallest absolute Gasteiger partial charge is 0.377 e. The van der Waals surface area contributed by atoms with Crippen molar-refractivity contribution in [3.05, 3.63) is 86.7 Å². The third-order valence-corrected chi connectivity index (χ3v) is 5.79. The van der Waals surface area contributed by atoms with E-state index in [2.05, 4.69) is 10.4 Å². The fourth-order valence-electron chi connectivity index (χ4n) is 4.37. The molecule has 1 aliphatic heterocycles. The number of anilines is 1. The van der Waals surface area contributed by atoms with Gasteiger partial charge in [-0.3, -0.25) is 4.79 Å². The molecule has 2 heterocycles. The van der Waals surface area contributed by atoms with Gasteiger partial charge < -0.3 is 16.1 Å². The quantitative estimate of drug-likeness (QED) is 0.343. The van der Waals surface area contributed by atoms with Crippen molar-refractivity contribution in [1.82, 2.24) is 9.78 Å². The standard InChI is InChI=1S/C26H24F3N5O.C2H6/c1-14-9-15(2)11-18(10-14)23-19-12-16(3)32-24(19)25(35)34(33-23)22-13-17(21(31)5-4-8-30)6-7-20(22)26(27,28)29;1-2/h4-11,13,16,30-32H,12H2,1-3H3;1-2H3/b5-4-,30-8?,31-21?;. The summed E-state index contributed by atoms with van der Waals surface area (Å²) >= 11 is 0. The molecule has 1 aliphatic rings. The van der Waals surface area contributed by atoms with Crippen LogP contribution in [-0.2, 0) is 12.6 Å². The predicted molar refractivity (Wildman–Crippen MR) is 143 cm³/mol. The first-order valence-electron chi connectivity index (χ1n) is 12.0. The molecular weight excluding hydrogens is 479 g/mol. The van der Waals surface area contributed by atoms with E-state index in [0.29, 0.717) is 17.7 Å². The molecule has 0 bridgehead atoms. The van der Waals surface area contributed by atoms with E-state index in [9.17, 15) is 18.0 Å². The van der Waals surface area contributed by atoms with Gasteiger partial charge in [-0.2, -0.15) is 23.0 Å². The van der Waals surface area contributed by atoms with E-state index < -0.39 is 23.0 Å². The molecule has 194 valence electrons. The number of nitrogens with one attached hydrogen (secondary N) is 3. The second kappa shape index (κ2) is 10.9. The zero-order valence-corrected chi connectivity index (χ0v) is 21.4. The second-order valence-corrected chi connectivity index (χ2v) is 8.71. The monoisotopic (exact) mass is 509 g/mol. The Morgan fingerprint density at radius 1 is 1.14 bits per heavy atom.